The Morgan fingerprint density at radius 1 is 0.765 bits per heavy atom. The SMILES string of the molecule is CC1=CN2C(C=C1)c1ccccc1[C@H]1c3ccccc3C3=CC(C)=C(c4ccccc4)CN3[C@H]12. The fraction of sp³-hybridized carbons (Fsp3) is 0.188. The maximum Gasteiger partial charge on any atom is 0.113 e. The minimum atomic E-state index is 0.229. The molecule has 0 radical (unpaired) electrons. The molecule has 3 aromatic carbocycles. The van der Waals surface area contributed by atoms with E-state index in [9.17, 15) is 0 Å². The second-order valence-corrected chi connectivity index (χ2v) is 9.92. The number of nitrogens with zero attached hydrogens (tertiary/aromatic N) is 2. The molecule has 4 aliphatic heterocycles. The third-order valence-corrected chi connectivity index (χ3v) is 7.95. The molecule has 0 aliphatic carbocycles. The molecule has 0 aromatic heterocycles. The summed E-state index contributed by atoms with van der Waals surface area (Å²) < 4.78 is 0. The zero-order chi connectivity index (χ0) is 22.8. The van der Waals surface area contributed by atoms with Crippen LogP contribution < -0.4 is 0 Å². The number of fused-ring (bicyclic) bond motifs is 11. The predicted molar refractivity (Wildman–Crippen MR) is 140 cm³/mol. The Balaban J connectivity index is 1.49. The highest BCUT2D eigenvalue weighted by Crippen LogP contribution is 2.53. The first-order valence-electron chi connectivity index (χ1n) is 12.3. The zero-order valence-corrected chi connectivity index (χ0v) is 19.6. The van der Waals surface area contributed by atoms with Gasteiger partial charge in [0.2, 0.25) is 0 Å². The maximum absolute atomic E-state index is 2.67. The van der Waals surface area contributed by atoms with Crippen molar-refractivity contribution in [1.29, 1.82) is 0 Å². The van der Waals surface area contributed by atoms with Gasteiger partial charge in [-0.05, 0) is 58.9 Å². The van der Waals surface area contributed by atoms with E-state index >= 15 is 0 Å². The van der Waals surface area contributed by atoms with E-state index in [2.05, 4.69) is 127 Å². The minimum Gasteiger partial charge on any atom is -0.346 e. The van der Waals surface area contributed by atoms with Gasteiger partial charge in [0.1, 0.15) is 6.17 Å². The molecule has 0 saturated carbocycles. The Labute approximate surface area is 201 Å². The van der Waals surface area contributed by atoms with Gasteiger partial charge < -0.3 is 9.80 Å². The van der Waals surface area contributed by atoms with Gasteiger partial charge in [-0.3, -0.25) is 0 Å². The van der Waals surface area contributed by atoms with E-state index in [1.165, 1.54) is 50.2 Å². The highest BCUT2D eigenvalue weighted by molar-refractivity contribution is 5.83. The largest absolute Gasteiger partial charge is 0.346 e. The highest BCUT2D eigenvalue weighted by Gasteiger charge is 2.48. The summed E-state index contributed by atoms with van der Waals surface area (Å²) in [6, 6.07) is 29.3. The molecule has 0 fully saturated rings. The van der Waals surface area contributed by atoms with Crippen molar-refractivity contribution in [3.8, 4) is 0 Å². The van der Waals surface area contributed by atoms with E-state index in [1.54, 1.807) is 0 Å². The van der Waals surface area contributed by atoms with E-state index in [-0.39, 0.29) is 12.2 Å². The van der Waals surface area contributed by atoms with Gasteiger partial charge in [0.15, 0.2) is 0 Å². The summed E-state index contributed by atoms with van der Waals surface area (Å²) in [4.78, 5) is 5.30. The van der Waals surface area contributed by atoms with Crippen LogP contribution in [0.2, 0.25) is 0 Å². The van der Waals surface area contributed by atoms with Gasteiger partial charge in [0.05, 0.1) is 6.04 Å². The first kappa shape index (κ1) is 19.7. The Bertz CT molecular complexity index is 1420. The molecular weight excluding hydrogens is 412 g/mol. The van der Waals surface area contributed by atoms with Crippen LogP contribution >= 0.6 is 0 Å². The smallest absolute Gasteiger partial charge is 0.113 e. The molecule has 3 aromatic rings. The summed E-state index contributed by atoms with van der Waals surface area (Å²) in [5, 5.41) is 0. The van der Waals surface area contributed by atoms with Crippen molar-refractivity contribution in [3.63, 3.8) is 0 Å². The van der Waals surface area contributed by atoms with Crippen molar-refractivity contribution in [2.24, 2.45) is 0 Å². The number of rotatable bonds is 1. The highest BCUT2D eigenvalue weighted by atomic mass is 15.4. The molecule has 0 saturated heterocycles. The second-order valence-electron chi connectivity index (χ2n) is 9.92. The topological polar surface area (TPSA) is 6.48 Å². The Morgan fingerprint density at radius 2 is 1.47 bits per heavy atom. The van der Waals surface area contributed by atoms with Gasteiger partial charge in [-0.25, -0.2) is 0 Å². The molecule has 166 valence electrons. The van der Waals surface area contributed by atoms with Crippen LogP contribution in [0.1, 0.15) is 53.6 Å². The Hall–Kier alpha value is -3.78. The molecule has 2 heteroatoms. The van der Waals surface area contributed by atoms with Crippen LogP contribution in [0.25, 0.3) is 11.3 Å². The zero-order valence-electron chi connectivity index (χ0n) is 19.6. The van der Waals surface area contributed by atoms with E-state index in [1.807, 2.05) is 0 Å². The Kier molecular flexibility index (Phi) is 4.26. The van der Waals surface area contributed by atoms with Gasteiger partial charge in [0.25, 0.3) is 0 Å². The fourth-order valence-electron chi connectivity index (χ4n) is 6.45. The lowest BCUT2D eigenvalue weighted by Gasteiger charge is -2.56. The van der Waals surface area contributed by atoms with Crippen LogP contribution in [0.15, 0.2) is 114 Å². The van der Waals surface area contributed by atoms with Gasteiger partial charge in [-0.1, -0.05) is 91.0 Å². The number of benzene rings is 3. The predicted octanol–water partition coefficient (Wildman–Crippen LogP) is 7.12. The average Bonchev–Trinajstić information content (AvgIpc) is 2.88. The molecule has 34 heavy (non-hydrogen) atoms. The van der Waals surface area contributed by atoms with Crippen LogP contribution in [0, 0.1) is 0 Å². The van der Waals surface area contributed by atoms with Crippen molar-refractivity contribution < 1.29 is 0 Å². The molecule has 0 bridgehead atoms. The second kappa shape index (κ2) is 7.36. The molecule has 4 heterocycles. The third kappa shape index (κ3) is 2.75. The quantitative estimate of drug-likeness (QED) is 0.397. The molecule has 4 aliphatic rings. The van der Waals surface area contributed by atoms with Gasteiger partial charge >= 0.3 is 0 Å². The average molecular weight is 441 g/mol. The van der Waals surface area contributed by atoms with Crippen molar-refractivity contribution >= 4 is 11.3 Å². The van der Waals surface area contributed by atoms with Gasteiger partial charge in [-0.2, -0.15) is 0 Å². The molecule has 0 amide bonds. The summed E-state index contributed by atoms with van der Waals surface area (Å²) in [5.74, 6) is 0.298. The summed E-state index contributed by atoms with van der Waals surface area (Å²) >= 11 is 0. The van der Waals surface area contributed by atoms with E-state index in [0.29, 0.717) is 5.92 Å². The van der Waals surface area contributed by atoms with Gasteiger partial charge in [0, 0.05) is 29.9 Å². The normalized spacial score (nSPS) is 24.4. The van der Waals surface area contributed by atoms with Crippen molar-refractivity contribution in [1.82, 2.24) is 9.80 Å². The molecule has 1 unspecified atom stereocenters. The molecule has 2 nitrogen and oxygen atoms in total. The van der Waals surface area contributed by atoms with Crippen LogP contribution in [-0.4, -0.2) is 22.5 Å². The molecular formula is C32H28N2. The summed E-state index contributed by atoms with van der Waals surface area (Å²) in [7, 11) is 0. The van der Waals surface area contributed by atoms with Crippen LogP contribution in [0.3, 0.4) is 0 Å². The molecule has 0 spiro atoms. The van der Waals surface area contributed by atoms with E-state index < -0.39 is 0 Å². The van der Waals surface area contributed by atoms with Gasteiger partial charge in [-0.15, -0.1) is 0 Å². The molecule has 7 rings (SSSR count). The lowest BCUT2D eigenvalue weighted by molar-refractivity contribution is 0.0789. The standard InChI is InChI=1S/C32H28N2/c1-21-16-17-29-24-12-6-8-14-26(24)31-27-15-9-7-13-25(27)30-18-22(2)28(23-10-4-3-5-11-23)20-34(30)32(31)33(29)19-21/h3-19,29,31-32H,20H2,1-2H3/t29?,31-,32+/m0/s1. The lowest BCUT2D eigenvalue weighted by Crippen LogP contribution is -2.56. The summed E-state index contributed by atoms with van der Waals surface area (Å²) in [6.07, 6.45) is 9.70. The minimum absolute atomic E-state index is 0.229. The third-order valence-electron chi connectivity index (χ3n) is 7.95. The van der Waals surface area contributed by atoms with Crippen LogP contribution in [0.5, 0.6) is 0 Å². The molecule has 0 N–H and O–H groups in total. The van der Waals surface area contributed by atoms with Crippen molar-refractivity contribution in [2.75, 3.05) is 6.54 Å². The summed E-state index contributed by atoms with van der Waals surface area (Å²) in [5.41, 5.74) is 12.5. The molecule has 3 atom stereocenters. The van der Waals surface area contributed by atoms with E-state index in [4.69, 9.17) is 0 Å². The fourth-order valence-corrected chi connectivity index (χ4v) is 6.45. The van der Waals surface area contributed by atoms with Crippen molar-refractivity contribution in [2.45, 2.75) is 32.0 Å². The number of hydrogen-bond acceptors (Lipinski definition) is 2. The number of hydrogen-bond donors (Lipinski definition) is 0. The van der Waals surface area contributed by atoms with Crippen molar-refractivity contribution in [3.05, 3.63) is 142 Å². The van der Waals surface area contributed by atoms with Crippen LogP contribution in [-0.2, 0) is 0 Å². The van der Waals surface area contributed by atoms with E-state index in [0.717, 1.165) is 6.54 Å². The summed E-state index contributed by atoms with van der Waals surface area (Å²) in [6.45, 7) is 5.40. The Morgan fingerprint density at radius 3 is 2.29 bits per heavy atom. The number of allylic oxidation sites excluding steroid dienone is 4. The van der Waals surface area contributed by atoms with Crippen LogP contribution in [0.4, 0.5) is 0 Å². The monoisotopic (exact) mass is 440 g/mol. The lowest BCUT2D eigenvalue weighted by atomic mass is 9.73. The maximum atomic E-state index is 2.67. The first-order valence-corrected chi connectivity index (χ1v) is 12.3. The first-order chi connectivity index (χ1) is 16.7.